The molecule has 0 radical (unpaired) electrons. The number of rotatable bonds is 4. The smallest absolute Gasteiger partial charge is 0.317 e. The van der Waals surface area contributed by atoms with Gasteiger partial charge in [-0.15, -0.1) is 0 Å². The van der Waals surface area contributed by atoms with Gasteiger partial charge in [0.1, 0.15) is 12.2 Å². The van der Waals surface area contributed by atoms with Gasteiger partial charge in [-0.25, -0.2) is 0 Å². The zero-order valence-electron chi connectivity index (χ0n) is 10.7. The highest BCUT2D eigenvalue weighted by atomic mass is 16.5. The fourth-order valence-corrected chi connectivity index (χ4v) is 1.42. The molecule has 1 N–H and O–H groups in total. The van der Waals surface area contributed by atoms with Gasteiger partial charge in [0.15, 0.2) is 0 Å². The van der Waals surface area contributed by atoms with E-state index in [9.17, 15) is 9.59 Å². The van der Waals surface area contributed by atoms with Crippen LogP contribution in [0.2, 0.25) is 0 Å². The molecule has 1 aromatic carbocycles. The zero-order chi connectivity index (χ0) is 14.3. The molecule has 0 saturated heterocycles. The van der Waals surface area contributed by atoms with Crippen molar-refractivity contribution in [3.05, 3.63) is 29.3 Å². The Morgan fingerprint density at radius 3 is 2.63 bits per heavy atom. The molecule has 0 bridgehead atoms. The van der Waals surface area contributed by atoms with Crippen LogP contribution in [-0.4, -0.2) is 31.3 Å². The van der Waals surface area contributed by atoms with E-state index in [1.165, 1.54) is 14.2 Å². The predicted molar refractivity (Wildman–Crippen MR) is 67.8 cm³/mol. The number of hydrogen-bond acceptors (Lipinski definition) is 4. The minimum absolute atomic E-state index is 0.0250. The summed E-state index contributed by atoms with van der Waals surface area (Å²) in [6.45, 7) is 0. The largest absolute Gasteiger partial charge is 0.495 e. The summed E-state index contributed by atoms with van der Waals surface area (Å²) in [6.07, 6.45) is -0.113. The van der Waals surface area contributed by atoms with Gasteiger partial charge in [-0.1, -0.05) is 17.9 Å². The molecule has 0 amide bonds. The number of carbonyl (C=O) groups is 2. The third-order valence-corrected chi connectivity index (χ3v) is 2.30. The molecule has 0 aliphatic heterocycles. The van der Waals surface area contributed by atoms with Gasteiger partial charge >= 0.3 is 11.9 Å². The zero-order valence-corrected chi connectivity index (χ0v) is 10.7. The van der Waals surface area contributed by atoms with Gasteiger partial charge in [0.05, 0.1) is 26.2 Å². The molecule has 1 aromatic rings. The maximum Gasteiger partial charge on any atom is 0.317 e. The molecule has 0 aliphatic rings. The minimum Gasteiger partial charge on any atom is -0.495 e. The quantitative estimate of drug-likeness (QED) is 0.652. The van der Waals surface area contributed by atoms with Crippen LogP contribution in [0.1, 0.15) is 17.5 Å². The van der Waals surface area contributed by atoms with Crippen molar-refractivity contribution >= 4 is 11.9 Å². The van der Waals surface area contributed by atoms with Crippen LogP contribution in [0.25, 0.3) is 0 Å². The van der Waals surface area contributed by atoms with Crippen LogP contribution < -0.4 is 4.74 Å². The van der Waals surface area contributed by atoms with Gasteiger partial charge in [-0.3, -0.25) is 9.59 Å². The van der Waals surface area contributed by atoms with E-state index < -0.39 is 11.9 Å². The molecule has 0 aromatic heterocycles. The second-order valence-electron chi connectivity index (χ2n) is 3.66. The SMILES string of the molecule is COC(=O)CC#Cc1cc(CC(=O)O)ccc1OC. The maximum absolute atomic E-state index is 10.9. The number of benzene rings is 1. The van der Waals surface area contributed by atoms with Crippen molar-refractivity contribution in [2.24, 2.45) is 0 Å². The van der Waals surface area contributed by atoms with Gasteiger partial charge in [0.2, 0.25) is 0 Å². The first-order valence-corrected chi connectivity index (χ1v) is 5.51. The highest BCUT2D eigenvalue weighted by Gasteiger charge is 2.05. The summed E-state index contributed by atoms with van der Waals surface area (Å²) in [5.74, 6) is 4.62. The number of carboxylic acids is 1. The van der Waals surface area contributed by atoms with Gasteiger partial charge < -0.3 is 14.6 Å². The average molecular weight is 262 g/mol. The molecule has 0 atom stereocenters. The van der Waals surface area contributed by atoms with Crippen molar-refractivity contribution in [1.29, 1.82) is 0 Å². The second-order valence-corrected chi connectivity index (χ2v) is 3.66. The number of aliphatic carboxylic acids is 1. The normalized spacial score (nSPS) is 9.16. The summed E-state index contributed by atoms with van der Waals surface area (Å²) >= 11 is 0. The fraction of sp³-hybridized carbons (Fsp3) is 0.286. The Morgan fingerprint density at radius 2 is 2.05 bits per heavy atom. The van der Waals surface area contributed by atoms with E-state index in [2.05, 4.69) is 16.6 Å². The molecule has 100 valence electrons. The third-order valence-electron chi connectivity index (χ3n) is 2.30. The first-order valence-electron chi connectivity index (χ1n) is 5.51. The van der Waals surface area contributed by atoms with Crippen molar-refractivity contribution in [2.75, 3.05) is 14.2 Å². The van der Waals surface area contributed by atoms with Crippen LogP contribution in [0.3, 0.4) is 0 Å². The van der Waals surface area contributed by atoms with Gasteiger partial charge in [-0.05, 0) is 17.7 Å². The summed E-state index contributed by atoms with van der Waals surface area (Å²) in [5.41, 5.74) is 1.17. The molecule has 0 saturated carbocycles. The van der Waals surface area contributed by atoms with Crippen LogP contribution in [0.15, 0.2) is 18.2 Å². The highest BCUT2D eigenvalue weighted by molar-refractivity contribution is 5.73. The van der Waals surface area contributed by atoms with E-state index in [-0.39, 0.29) is 12.8 Å². The fourth-order valence-electron chi connectivity index (χ4n) is 1.42. The van der Waals surface area contributed by atoms with Crippen LogP contribution >= 0.6 is 0 Å². The van der Waals surface area contributed by atoms with Crippen molar-refractivity contribution in [3.8, 4) is 17.6 Å². The van der Waals surface area contributed by atoms with E-state index in [0.717, 1.165) is 0 Å². The molecular formula is C14H14O5. The molecule has 1 rings (SSSR count). The van der Waals surface area contributed by atoms with Gasteiger partial charge in [0.25, 0.3) is 0 Å². The predicted octanol–water partition coefficient (Wildman–Crippen LogP) is 1.24. The lowest BCUT2D eigenvalue weighted by molar-refractivity contribution is -0.139. The molecular weight excluding hydrogens is 248 g/mol. The van der Waals surface area contributed by atoms with E-state index in [1.54, 1.807) is 18.2 Å². The molecule has 5 nitrogen and oxygen atoms in total. The van der Waals surface area contributed by atoms with Crippen molar-refractivity contribution in [2.45, 2.75) is 12.8 Å². The number of ether oxygens (including phenoxy) is 2. The summed E-state index contributed by atoms with van der Waals surface area (Å²) in [7, 11) is 2.79. The number of esters is 1. The summed E-state index contributed by atoms with van der Waals surface area (Å²) < 4.78 is 9.59. The van der Waals surface area contributed by atoms with E-state index in [4.69, 9.17) is 9.84 Å². The minimum atomic E-state index is -0.918. The highest BCUT2D eigenvalue weighted by Crippen LogP contribution is 2.19. The Kier molecular flexibility index (Phi) is 5.42. The summed E-state index contributed by atoms with van der Waals surface area (Å²) in [4.78, 5) is 21.6. The number of methoxy groups -OCH3 is 2. The number of carboxylic acid groups (broad SMARTS) is 1. The Hall–Kier alpha value is -2.48. The summed E-state index contributed by atoms with van der Waals surface area (Å²) in [5, 5.41) is 8.74. The van der Waals surface area contributed by atoms with Gasteiger partial charge in [-0.2, -0.15) is 0 Å². The Balaban J connectivity index is 2.95. The van der Waals surface area contributed by atoms with Crippen LogP contribution in [0.5, 0.6) is 5.75 Å². The standard InChI is InChI=1S/C14H14O5/c1-18-12-7-6-10(9-13(15)16)8-11(12)4-3-5-14(17)19-2/h6-8H,5,9H2,1-2H3,(H,15,16). The molecule has 0 spiro atoms. The van der Waals surface area contributed by atoms with Crippen molar-refractivity contribution in [3.63, 3.8) is 0 Å². The molecule has 0 fully saturated rings. The second kappa shape index (κ2) is 7.07. The topological polar surface area (TPSA) is 72.8 Å². The Labute approximate surface area is 111 Å². The van der Waals surface area contributed by atoms with Crippen molar-refractivity contribution in [1.82, 2.24) is 0 Å². The lowest BCUT2D eigenvalue weighted by Crippen LogP contribution is -2.01. The maximum atomic E-state index is 10.9. The number of carbonyl (C=O) groups excluding carboxylic acids is 1. The monoisotopic (exact) mass is 262 g/mol. The van der Waals surface area contributed by atoms with E-state index >= 15 is 0 Å². The average Bonchev–Trinajstić information content (AvgIpc) is 2.38. The van der Waals surface area contributed by atoms with Crippen LogP contribution in [0, 0.1) is 11.8 Å². The van der Waals surface area contributed by atoms with E-state index in [0.29, 0.717) is 16.9 Å². The molecule has 0 aliphatic carbocycles. The molecule has 19 heavy (non-hydrogen) atoms. The first kappa shape index (κ1) is 14.6. The lowest BCUT2D eigenvalue weighted by atomic mass is 10.1. The van der Waals surface area contributed by atoms with Crippen LogP contribution in [0.4, 0.5) is 0 Å². The summed E-state index contributed by atoms with van der Waals surface area (Å²) in [6, 6.07) is 4.95. The Morgan fingerprint density at radius 1 is 1.32 bits per heavy atom. The lowest BCUT2D eigenvalue weighted by Gasteiger charge is -2.05. The molecule has 5 heteroatoms. The van der Waals surface area contributed by atoms with Gasteiger partial charge in [0, 0.05) is 0 Å². The van der Waals surface area contributed by atoms with Crippen LogP contribution in [-0.2, 0) is 20.7 Å². The Bertz CT molecular complexity index is 537. The van der Waals surface area contributed by atoms with Crippen molar-refractivity contribution < 1.29 is 24.2 Å². The molecule has 0 heterocycles. The molecule has 0 unspecified atom stereocenters. The number of hydrogen-bond donors (Lipinski definition) is 1. The van der Waals surface area contributed by atoms with E-state index in [1.807, 2.05) is 0 Å². The first-order chi connectivity index (χ1) is 9.06. The third kappa shape index (κ3) is 4.72.